The van der Waals surface area contributed by atoms with Crippen molar-refractivity contribution in [3.05, 3.63) is 24.3 Å². The van der Waals surface area contributed by atoms with Gasteiger partial charge in [-0.25, -0.2) is 0 Å². The molecule has 4 N–H and O–H groups in total. The number of rotatable bonds is 15. The van der Waals surface area contributed by atoms with Gasteiger partial charge in [-0.3, -0.25) is 48.2 Å². The predicted molar refractivity (Wildman–Crippen MR) is 122 cm³/mol. The highest BCUT2D eigenvalue weighted by molar-refractivity contribution is 6.13. The highest BCUT2D eigenvalue weighted by Crippen LogP contribution is 2.04. The second kappa shape index (κ2) is 14.1. The first-order valence-corrected chi connectivity index (χ1v) is 11.3. The molecule has 2 heterocycles. The Hall–Kier alpha value is -4.36. The van der Waals surface area contributed by atoms with Crippen molar-refractivity contribution in [1.82, 2.24) is 31.1 Å². The number of nitrogens with one attached hydrogen (secondary N) is 4. The molecule has 0 aromatic carbocycles. The maximum Gasteiger partial charge on any atom is 0.253 e. The summed E-state index contributed by atoms with van der Waals surface area (Å²) in [6.07, 6.45) is 4.32. The van der Waals surface area contributed by atoms with Crippen LogP contribution in [0, 0.1) is 0 Å². The molecule has 0 aromatic rings. The molecule has 0 atom stereocenters. The summed E-state index contributed by atoms with van der Waals surface area (Å²) in [6.45, 7) is 0.526. The van der Waals surface area contributed by atoms with Gasteiger partial charge in [0.15, 0.2) is 0 Å². The van der Waals surface area contributed by atoms with Crippen molar-refractivity contribution in [3.8, 4) is 0 Å². The summed E-state index contributed by atoms with van der Waals surface area (Å²) < 4.78 is 0. The van der Waals surface area contributed by atoms with Crippen LogP contribution in [0.5, 0.6) is 0 Å². The van der Waals surface area contributed by atoms with Gasteiger partial charge in [-0.15, -0.1) is 0 Å². The summed E-state index contributed by atoms with van der Waals surface area (Å²) in [5.41, 5.74) is 0. The maximum absolute atomic E-state index is 11.8. The van der Waals surface area contributed by atoms with E-state index in [-0.39, 0.29) is 88.6 Å². The highest BCUT2D eigenvalue weighted by Gasteiger charge is 2.24. The monoisotopic (exact) mass is 504 g/mol. The average Bonchev–Trinajstić information content (AvgIpc) is 3.34. The second-order valence-corrected chi connectivity index (χ2v) is 7.72. The number of amides is 8. The number of hydrogen-bond acceptors (Lipinski definition) is 8. The van der Waals surface area contributed by atoms with E-state index >= 15 is 0 Å². The summed E-state index contributed by atoms with van der Waals surface area (Å²) >= 11 is 0. The van der Waals surface area contributed by atoms with Gasteiger partial charge in [0, 0.05) is 89.3 Å². The topological polar surface area (TPSA) is 191 Å². The lowest BCUT2D eigenvalue weighted by atomic mass is 10.3. The zero-order chi connectivity index (χ0) is 26.5. The normalized spacial score (nSPS) is 14.4. The predicted octanol–water partition coefficient (Wildman–Crippen LogP) is -3.14. The quantitative estimate of drug-likeness (QED) is 0.133. The van der Waals surface area contributed by atoms with E-state index in [4.69, 9.17) is 0 Å². The Bertz CT molecular complexity index is 875. The van der Waals surface area contributed by atoms with Crippen LogP contribution in [0.15, 0.2) is 24.3 Å². The number of carbonyl (C=O) groups is 8. The number of nitrogens with zero attached hydrogens (tertiary/aromatic N) is 2. The first-order chi connectivity index (χ1) is 17.2. The second-order valence-electron chi connectivity index (χ2n) is 7.72. The molecule has 0 fully saturated rings. The van der Waals surface area contributed by atoms with Gasteiger partial charge in [-0.2, -0.15) is 0 Å². The van der Waals surface area contributed by atoms with Gasteiger partial charge >= 0.3 is 0 Å². The number of imide groups is 2. The Morgan fingerprint density at radius 2 is 0.722 bits per heavy atom. The molecule has 2 aliphatic heterocycles. The molecule has 0 saturated carbocycles. The Labute approximate surface area is 206 Å². The molecular weight excluding hydrogens is 476 g/mol. The molecule has 194 valence electrons. The smallest absolute Gasteiger partial charge is 0.253 e. The molecule has 0 radical (unpaired) electrons. The molecule has 8 amide bonds. The summed E-state index contributed by atoms with van der Waals surface area (Å²) in [7, 11) is 0. The van der Waals surface area contributed by atoms with Crippen molar-refractivity contribution in [3.63, 3.8) is 0 Å². The molecule has 0 spiro atoms. The van der Waals surface area contributed by atoms with E-state index in [1.807, 2.05) is 0 Å². The largest absolute Gasteiger partial charge is 0.354 e. The van der Waals surface area contributed by atoms with Crippen LogP contribution in [0.2, 0.25) is 0 Å². The van der Waals surface area contributed by atoms with Crippen LogP contribution in [0.1, 0.15) is 25.7 Å². The summed E-state index contributed by atoms with van der Waals surface area (Å²) in [5, 5.41) is 10.2. The van der Waals surface area contributed by atoms with Crippen LogP contribution in [-0.4, -0.2) is 96.3 Å². The fourth-order valence-corrected chi connectivity index (χ4v) is 3.12. The SMILES string of the molecule is O=C(CCC(=O)NCCNC(=O)CCN1C(=O)C=CC1=O)NCCNC(=O)CCN1C(=O)C=CC1=O. The zero-order valence-corrected chi connectivity index (χ0v) is 19.5. The van der Waals surface area contributed by atoms with E-state index in [0.717, 1.165) is 34.1 Å². The van der Waals surface area contributed by atoms with Crippen LogP contribution in [0.4, 0.5) is 0 Å². The third-order valence-electron chi connectivity index (χ3n) is 5.04. The zero-order valence-electron chi connectivity index (χ0n) is 19.5. The Kier molecular flexibility index (Phi) is 10.9. The van der Waals surface area contributed by atoms with E-state index in [0.29, 0.717) is 0 Å². The molecule has 14 nitrogen and oxygen atoms in total. The van der Waals surface area contributed by atoms with Crippen LogP contribution in [0.25, 0.3) is 0 Å². The minimum Gasteiger partial charge on any atom is -0.354 e. The third-order valence-corrected chi connectivity index (χ3v) is 5.04. The standard InChI is InChI=1S/C22H28N6O8/c29-15(23-9-11-25-17(31)7-13-27-19(33)3-4-20(27)34)1-2-16(30)24-10-12-26-18(32)8-14-28-21(35)5-6-22(28)36/h3-6H,1-2,7-14H2,(H,23,29)(H,24,30)(H,25,31)(H,26,32). The van der Waals surface area contributed by atoms with Crippen molar-refractivity contribution in [2.45, 2.75) is 25.7 Å². The molecule has 36 heavy (non-hydrogen) atoms. The van der Waals surface area contributed by atoms with Gasteiger partial charge in [-0.05, 0) is 0 Å². The summed E-state index contributed by atoms with van der Waals surface area (Å²) in [6, 6.07) is 0. The van der Waals surface area contributed by atoms with Crippen LogP contribution >= 0.6 is 0 Å². The van der Waals surface area contributed by atoms with Gasteiger partial charge in [0.2, 0.25) is 23.6 Å². The molecule has 2 aliphatic rings. The minimum absolute atomic E-state index is 0.0278. The molecular formula is C22H28N6O8. The third kappa shape index (κ3) is 9.48. The van der Waals surface area contributed by atoms with E-state index in [2.05, 4.69) is 21.3 Å². The lowest BCUT2D eigenvalue weighted by molar-refractivity contribution is -0.139. The molecule has 0 aromatic heterocycles. The van der Waals surface area contributed by atoms with Crippen LogP contribution in [-0.2, 0) is 38.4 Å². The molecule has 0 aliphatic carbocycles. The minimum atomic E-state index is -0.461. The van der Waals surface area contributed by atoms with Gasteiger partial charge in [-0.1, -0.05) is 0 Å². The van der Waals surface area contributed by atoms with Crippen molar-refractivity contribution in [2.24, 2.45) is 0 Å². The summed E-state index contributed by atoms with van der Waals surface area (Å²) in [5.74, 6) is -3.36. The average molecular weight is 505 g/mol. The van der Waals surface area contributed by atoms with Crippen LogP contribution < -0.4 is 21.3 Å². The first-order valence-electron chi connectivity index (χ1n) is 11.3. The molecule has 0 bridgehead atoms. The van der Waals surface area contributed by atoms with E-state index in [9.17, 15) is 38.4 Å². The van der Waals surface area contributed by atoms with Crippen molar-refractivity contribution < 1.29 is 38.4 Å². The Balaban J connectivity index is 1.43. The molecule has 14 heteroatoms. The van der Waals surface area contributed by atoms with E-state index in [1.54, 1.807) is 0 Å². The molecule has 0 unspecified atom stereocenters. The Morgan fingerprint density at radius 3 is 1.00 bits per heavy atom. The lowest BCUT2D eigenvalue weighted by Gasteiger charge is -2.13. The highest BCUT2D eigenvalue weighted by atomic mass is 16.2. The number of hydrogen-bond donors (Lipinski definition) is 4. The van der Waals surface area contributed by atoms with E-state index in [1.165, 1.54) is 0 Å². The first kappa shape index (κ1) is 27.9. The van der Waals surface area contributed by atoms with Crippen molar-refractivity contribution in [2.75, 3.05) is 39.3 Å². The lowest BCUT2D eigenvalue weighted by Crippen LogP contribution is -2.38. The van der Waals surface area contributed by atoms with Gasteiger partial charge in [0.1, 0.15) is 0 Å². The van der Waals surface area contributed by atoms with Crippen molar-refractivity contribution in [1.29, 1.82) is 0 Å². The maximum atomic E-state index is 11.8. The van der Waals surface area contributed by atoms with Gasteiger partial charge < -0.3 is 21.3 Å². The Morgan fingerprint density at radius 1 is 0.472 bits per heavy atom. The van der Waals surface area contributed by atoms with Crippen molar-refractivity contribution >= 4 is 47.3 Å². The fraction of sp³-hybridized carbons (Fsp3) is 0.455. The summed E-state index contributed by atoms with van der Waals surface area (Å²) in [4.78, 5) is 94.6. The molecule has 2 rings (SSSR count). The fourth-order valence-electron chi connectivity index (χ4n) is 3.12. The van der Waals surface area contributed by atoms with Crippen LogP contribution in [0.3, 0.4) is 0 Å². The van der Waals surface area contributed by atoms with Gasteiger partial charge in [0.05, 0.1) is 0 Å². The van der Waals surface area contributed by atoms with Gasteiger partial charge in [0.25, 0.3) is 23.6 Å². The molecule has 0 saturated heterocycles. The van der Waals surface area contributed by atoms with E-state index < -0.39 is 23.6 Å². The number of carbonyl (C=O) groups excluding carboxylic acids is 8.